The molecule has 3 rings (SSSR count). The van der Waals surface area contributed by atoms with E-state index in [4.69, 9.17) is 0 Å². The predicted molar refractivity (Wildman–Crippen MR) is 97.0 cm³/mol. The zero-order chi connectivity index (χ0) is 18.9. The second-order valence-electron chi connectivity index (χ2n) is 6.16. The van der Waals surface area contributed by atoms with Crippen LogP contribution in [0.5, 0.6) is 0 Å². The van der Waals surface area contributed by atoms with Gasteiger partial charge in [-0.05, 0) is 38.1 Å². The molecule has 1 aliphatic rings. The predicted octanol–water partition coefficient (Wildman–Crippen LogP) is 1.97. The standard InChI is InChI=1S/C17H20FN3O3S2/c1-12-16(25-13(2)19-12)11-17(22)20-7-9-21(10-8-20)26(23,24)15-5-3-14(18)4-6-15/h3-6H,7-11H2,1-2H3. The minimum atomic E-state index is -3.67. The molecular formula is C17H20FN3O3S2. The van der Waals surface area contributed by atoms with E-state index in [9.17, 15) is 17.6 Å². The summed E-state index contributed by atoms with van der Waals surface area (Å²) in [5.41, 5.74) is 0.873. The Labute approximate surface area is 156 Å². The van der Waals surface area contributed by atoms with Crippen LogP contribution in [0.25, 0.3) is 0 Å². The maximum atomic E-state index is 13.0. The van der Waals surface area contributed by atoms with Crippen LogP contribution in [-0.4, -0.2) is 54.7 Å². The summed E-state index contributed by atoms with van der Waals surface area (Å²) >= 11 is 1.51. The number of hydrogen-bond donors (Lipinski definition) is 0. The molecule has 2 aromatic rings. The van der Waals surface area contributed by atoms with Crippen molar-refractivity contribution < 1.29 is 17.6 Å². The van der Waals surface area contributed by atoms with Crippen molar-refractivity contribution in [3.63, 3.8) is 0 Å². The topological polar surface area (TPSA) is 70.6 Å². The van der Waals surface area contributed by atoms with Crippen LogP contribution in [0.4, 0.5) is 4.39 Å². The lowest BCUT2D eigenvalue weighted by Gasteiger charge is -2.34. The Hall–Kier alpha value is -1.84. The molecule has 2 heterocycles. The fourth-order valence-corrected chi connectivity index (χ4v) is 5.27. The van der Waals surface area contributed by atoms with E-state index in [0.29, 0.717) is 19.5 Å². The van der Waals surface area contributed by atoms with Gasteiger partial charge in [0.2, 0.25) is 15.9 Å². The molecule has 1 aliphatic heterocycles. The summed E-state index contributed by atoms with van der Waals surface area (Å²) in [6.45, 7) is 4.94. The molecule has 9 heteroatoms. The summed E-state index contributed by atoms with van der Waals surface area (Å²) < 4.78 is 39.6. The average molecular weight is 397 g/mol. The highest BCUT2D eigenvalue weighted by molar-refractivity contribution is 7.89. The summed E-state index contributed by atoms with van der Waals surface area (Å²) in [5, 5.41) is 0.931. The lowest BCUT2D eigenvalue weighted by Crippen LogP contribution is -2.50. The lowest BCUT2D eigenvalue weighted by atomic mass is 10.2. The van der Waals surface area contributed by atoms with E-state index in [1.165, 1.54) is 27.8 Å². The monoisotopic (exact) mass is 397 g/mol. The van der Waals surface area contributed by atoms with E-state index < -0.39 is 15.8 Å². The number of benzene rings is 1. The van der Waals surface area contributed by atoms with Gasteiger partial charge in [0.1, 0.15) is 5.82 Å². The van der Waals surface area contributed by atoms with E-state index in [1.807, 2.05) is 13.8 Å². The van der Waals surface area contributed by atoms with Crippen LogP contribution in [0.3, 0.4) is 0 Å². The van der Waals surface area contributed by atoms with Crippen molar-refractivity contribution in [1.29, 1.82) is 0 Å². The Morgan fingerprint density at radius 2 is 1.77 bits per heavy atom. The summed E-state index contributed by atoms with van der Waals surface area (Å²) in [7, 11) is -3.67. The second-order valence-corrected chi connectivity index (χ2v) is 9.38. The van der Waals surface area contributed by atoms with Crippen molar-refractivity contribution in [2.45, 2.75) is 25.2 Å². The van der Waals surface area contributed by atoms with Crippen LogP contribution in [0.2, 0.25) is 0 Å². The number of sulfonamides is 1. The van der Waals surface area contributed by atoms with E-state index in [2.05, 4.69) is 4.98 Å². The second kappa shape index (κ2) is 7.42. The van der Waals surface area contributed by atoms with Gasteiger partial charge in [0.25, 0.3) is 0 Å². The van der Waals surface area contributed by atoms with Crippen LogP contribution >= 0.6 is 11.3 Å². The van der Waals surface area contributed by atoms with Gasteiger partial charge in [-0.1, -0.05) is 0 Å². The van der Waals surface area contributed by atoms with Gasteiger partial charge in [-0.25, -0.2) is 17.8 Å². The summed E-state index contributed by atoms with van der Waals surface area (Å²) in [6.07, 6.45) is 0.294. The number of nitrogens with zero attached hydrogens (tertiary/aromatic N) is 3. The van der Waals surface area contributed by atoms with E-state index in [-0.39, 0.29) is 23.9 Å². The van der Waals surface area contributed by atoms with Gasteiger partial charge in [0.15, 0.2) is 0 Å². The first-order valence-corrected chi connectivity index (χ1v) is 10.5. The van der Waals surface area contributed by atoms with Crippen molar-refractivity contribution >= 4 is 27.3 Å². The first-order valence-electron chi connectivity index (χ1n) is 8.24. The number of hydrogen-bond acceptors (Lipinski definition) is 5. The third-order valence-corrected chi connectivity index (χ3v) is 7.34. The molecule has 1 aromatic carbocycles. The average Bonchev–Trinajstić information content (AvgIpc) is 2.92. The van der Waals surface area contributed by atoms with Gasteiger partial charge in [-0.15, -0.1) is 11.3 Å². The van der Waals surface area contributed by atoms with Gasteiger partial charge in [-0.3, -0.25) is 4.79 Å². The fraction of sp³-hybridized carbons (Fsp3) is 0.412. The number of piperazine rings is 1. The Bertz CT molecular complexity index is 902. The maximum Gasteiger partial charge on any atom is 0.243 e. The Morgan fingerprint density at radius 1 is 1.15 bits per heavy atom. The fourth-order valence-electron chi connectivity index (χ4n) is 2.92. The number of rotatable bonds is 4. The molecule has 0 N–H and O–H groups in total. The van der Waals surface area contributed by atoms with Gasteiger partial charge in [-0.2, -0.15) is 4.31 Å². The molecule has 0 saturated carbocycles. The Balaban J connectivity index is 1.62. The molecule has 0 spiro atoms. The normalized spacial score (nSPS) is 16.0. The van der Waals surface area contributed by atoms with Crippen molar-refractivity contribution in [3.05, 3.63) is 45.7 Å². The highest BCUT2D eigenvalue weighted by Gasteiger charge is 2.30. The van der Waals surface area contributed by atoms with E-state index >= 15 is 0 Å². The molecule has 26 heavy (non-hydrogen) atoms. The van der Waals surface area contributed by atoms with Crippen LogP contribution in [-0.2, 0) is 21.2 Å². The van der Waals surface area contributed by atoms with Gasteiger partial charge < -0.3 is 4.90 Å². The molecule has 1 fully saturated rings. The number of carbonyl (C=O) groups is 1. The van der Waals surface area contributed by atoms with Crippen molar-refractivity contribution in [2.24, 2.45) is 0 Å². The van der Waals surface area contributed by atoms with Crippen LogP contribution in [0.15, 0.2) is 29.2 Å². The minimum Gasteiger partial charge on any atom is -0.340 e. The quantitative estimate of drug-likeness (QED) is 0.791. The van der Waals surface area contributed by atoms with Gasteiger partial charge in [0.05, 0.1) is 22.0 Å². The molecular weight excluding hydrogens is 377 g/mol. The molecule has 0 atom stereocenters. The molecule has 1 amide bonds. The van der Waals surface area contributed by atoms with Gasteiger partial charge in [0, 0.05) is 31.1 Å². The highest BCUT2D eigenvalue weighted by Crippen LogP contribution is 2.21. The number of aryl methyl sites for hydroxylation is 2. The highest BCUT2D eigenvalue weighted by atomic mass is 32.2. The molecule has 140 valence electrons. The smallest absolute Gasteiger partial charge is 0.243 e. The van der Waals surface area contributed by atoms with E-state index in [1.54, 1.807) is 4.90 Å². The molecule has 0 aliphatic carbocycles. The minimum absolute atomic E-state index is 0.0180. The first kappa shape index (κ1) is 18.9. The number of carbonyl (C=O) groups excluding carboxylic acids is 1. The molecule has 6 nitrogen and oxygen atoms in total. The van der Waals surface area contributed by atoms with Crippen molar-refractivity contribution in [3.8, 4) is 0 Å². The van der Waals surface area contributed by atoms with Crippen LogP contribution < -0.4 is 0 Å². The van der Waals surface area contributed by atoms with Crippen LogP contribution in [0.1, 0.15) is 15.6 Å². The third kappa shape index (κ3) is 3.94. The molecule has 1 aromatic heterocycles. The zero-order valence-electron chi connectivity index (χ0n) is 14.6. The summed E-state index contributed by atoms with van der Waals surface area (Å²) in [4.78, 5) is 19.5. The summed E-state index contributed by atoms with van der Waals surface area (Å²) in [6, 6.07) is 4.78. The number of thiazole rings is 1. The Morgan fingerprint density at radius 3 is 2.31 bits per heavy atom. The van der Waals surface area contributed by atoms with E-state index in [0.717, 1.165) is 27.7 Å². The maximum absolute atomic E-state index is 13.0. The number of amides is 1. The van der Waals surface area contributed by atoms with Crippen molar-refractivity contribution in [2.75, 3.05) is 26.2 Å². The SMILES string of the molecule is Cc1nc(C)c(CC(=O)N2CCN(S(=O)(=O)c3ccc(F)cc3)CC2)s1. The number of aromatic nitrogens is 1. The van der Waals surface area contributed by atoms with Gasteiger partial charge >= 0.3 is 0 Å². The largest absolute Gasteiger partial charge is 0.340 e. The van der Waals surface area contributed by atoms with Crippen LogP contribution in [0, 0.1) is 19.7 Å². The Kier molecular flexibility index (Phi) is 5.40. The molecule has 0 unspecified atom stereocenters. The lowest BCUT2D eigenvalue weighted by molar-refractivity contribution is -0.131. The molecule has 0 radical (unpaired) electrons. The molecule has 0 bridgehead atoms. The zero-order valence-corrected chi connectivity index (χ0v) is 16.2. The third-order valence-electron chi connectivity index (χ3n) is 4.35. The molecule has 1 saturated heterocycles. The van der Waals surface area contributed by atoms with Crippen molar-refractivity contribution in [1.82, 2.24) is 14.2 Å². The summed E-state index contributed by atoms with van der Waals surface area (Å²) in [5.74, 6) is -0.497. The number of halogens is 1. The first-order chi connectivity index (χ1) is 12.3.